The van der Waals surface area contributed by atoms with Gasteiger partial charge in [-0.2, -0.15) is 0 Å². The summed E-state index contributed by atoms with van der Waals surface area (Å²) in [5, 5.41) is 0. The van der Waals surface area contributed by atoms with E-state index in [9.17, 15) is 27.2 Å². The average molecular weight is 635 g/mol. The molecule has 0 radical (unpaired) electrons. The highest BCUT2D eigenvalue weighted by atomic mass is 19.1. The van der Waals surface area contributed by atoms with Crippen LogP contribution in [0.15, 0.2) is 36.7 Å². The molecule has 2 fully saturated rings. The van der Waals surface area contributed by atoms with Crippen LogP contribution in [-0.4, -0.2) is 44.0 Å². The highest BCUT2D eigenvalue weighted by Gasteiger charge is 2.39. The first-order valence-corrected chi connectivity index (χ1v) is 14.7. The van der Waals surface area contributed by atoms with Crippen molar-refractivity contribution < 1.29 is 36.6 Å². The average Bonchev–Trinajstić information content (AvgIpc) is 3.60. The number of amides is 2. The van der Waals surface area contributed by atoms with E-state index in [1.165, 1.54) is 12.1 Å². The number of nitrogens with two attached hydrogens (primary N) is 2. The zero-order valence-electron chi connectivity index (χ0n) is 24.1. The van der Waals surface area contributed by atoms with Gasteiger partial charge in [0.2, 0.25) is 0 Å². The van der Waals surface area contributed by atoms with Crippen LogP contribution in [0.2, 0.25) is 0 Å². The quantitative estimate of drug-likeness (QED) is 0.309. The molecule has 4 aromatic rings. The summed E-state index contributed by atoms with van der Waals surface area (Å²) in [6, 6.07) is 4.39. The van der Waals surface area contributed by atoms with E-state index in [4.69, 9.17) is 20.9 Å². The molecule has 4 aliphatic heterocycles. The zero-order chi connectivity index (χ0) is 32.3. The molecule has 0 unspecified atom stereocenters. The maximum atomic E-state index is 14.2. The summed E-state index contributed by atoms with van der Waals surface area (Å²) in [6.07, 6.45) is 6.04. The van der Waals surface area contributed by atoms with Gasteiger partial charge in [0.15, 0.2) is 11.6 Å². The lowest BCUT2D eigenvalue weighted by Gasteiger charge is -2.25. The van der Waals surface area contributed by atoms with Crippen molar-refractivity contribution in [1.29, 1.82) is 0 Å². The largest absolute Gasteiger partial charge is 0.368 e. The number of hydrogen-bond acceptors (Lipinski definition) is 8. The standard InChI is InChI=1S/2C16H13F2N3O2/c2*17-7-3-11(18)14(20-6-7)10-5-12(16(19)22)21-15-9(10)4-8-1-2-13(15)23-8/h2*3,5-6,8,13H,1-2,4H2,(H2,19,22)/t2*8-,13+/m10/s1. The van der Waals surface area contributed by atoms with E-state index < -0.39 is 35.1 Å². The molecule has 4 N–H and O–H groups in total. The molecule has 4 atom stereocenters. The maximum absolute atomic E-state index is 14.2. The van der Waals surface area contributed by atoms with Crippen LogP contribution in [0.3, 0.4) is 0 Å². The highest BCUT2D eigenvalue weighted by Crippen LogP contribution is 2.45. The molecule has 0 spiro atoms. The normalized spacial score (nSPS) is 22.0. The fourth-order valence-corrected chi connectivity index (χ4v) is 6.61. The lowest BCUT2D eigenvalue weighted by Crippen LogP contribution is -2.23. The van der Waals surface area contributed by atoms with Crippen molar-refractivity contribution in [3.8, 4) is 22.5 Å². The minimum Gasteiger partial charge on any atom is -0.368 e. The van der Waals surface area contributed by atoms with Gasteiger partial charge in [-0.1, -0.05) is 0 Å². The Morgan fingerprint density at radius 3 is 1.43 bits per heavy atom. The Morgan fingerprint density at radius 1 is 0.652 bits per heavy atom. The first-order valence-electron chi connectivity index (χ1n) is 14.7. The van der Waals surface area contributed by atoms with Crippen LogP contribution >= 0.6 is 0 Å². The lowest BCUT2D eigenvalue weighted by molar-refractivity contribution is 0.0293. The van der Waals surface area contributed by atoms with Gasteiger partial charge in [-0.15, -0.1) is 0 Å². The smallest absolute Gasteiger partial charge is 0.267 e. The van der Waals surface area contributed by atoms with E-state index in [-0.39, 0.29) is 47.2 Å². The molecular formula is C32H26F4N6O4. The number of nitrogens with zero attached hydrogens (tertiary/aromatic N) is 4. The van der Waals surface area contributed by atoms with Gasteiger partial charge in [0, 0.05) is 36.1 Å². The van der Waals surface area contributed by atoms with Gasteiger partial charge in [-0.3, -0.25) is 19.6 Å². The van der Waals surface area contributed by atoms with E-state index in [0.717, 1.165) is 61.3 Å². The predicted molar refractivity (Wildman–Crippen MR) is 153 cm³/mol. The molecule has 2 amide bonds. The SMILES string of the molecule is NC(=O)c1cc(-c2ncc(F)cc2F)c2c(n1)[C@@H]1CC[C@H](C2)O1.NC(=O)c1cc(-c2ncc(F)cc2F)c2c(n1)[C@H]1CC[C@@H](C2)O1. The Hall–Kier alpha value is -4.82. The Morgan fingerprint density at radius 2 is 1.07 bits per heavy atom. The third-order valence-corrected chi connectivity index (χ3v) is 8.63. The number of carbonyl (C=O) groups excluding carboxylic acids is 2. The molecule has 4 bridgehead atoms. The lowest BCUT2D eigenvalue weighted by atomic mass is 9.94. The number of ether oxygens (including phenoxy) is 2. The maximum Gasteiger partial charge on any atom is 0.267 e. The summed E-state index contributed by atoms with van der Waals surface area (Å²) in [6.45, 7) is 0. The van der Waals surface area contributed by atoms with Gasteiger partial charge >= 0.3 is 0 Å². The highest BCUT2D eigenvalue weighted by molar-refractivity contribution is 5.93. The number of hydrogen-bond donors (Lipinski definition) is 2. The van der Waals surface area contributed by atoms with Gasteiger partial charge in [0.1, 0.15) is 46.6 Å². The van der Waals surface area contributed by atoms with Crippen LogP contribution in [0.5, 0.6) is 0 Å². The van der Waals surface area contributed by atoms with E-state index in [1.807, 2.05) is 0 Å². The van der Waals surface area contributed by atoms with E-state index in [2.05, 4.69) is 19.9 Å². The predicted octanol–water partition coefficient (Wildman–Crippen LogP) is 4.59. The van der Waals surface area contributed by atoms with Crippen molar-refractivity contribution >= 4 is 11.8 Å². The van der Waals surface area contributed by atoms with Crippen molar-refractivity contribution in [2.75, 3.05) is 0 Å². The van der Waals surface area contributed by atoms with Gasteiger partial charge < -0.3 is 20.9 Å². The number of primary amides is 2. The molecular weight excluding hydrogens is 608 g/mol. The van der Waals surface area contributed by atoms with Crippen molar-refractivity contribution in [3.63, 3.8) is 0 Å². The number of carbonyl (C=O) groups is 2. The molecule has 2 saturated heterocycles. The van der Waals surface area contributed by atoms with Crippen LogP contribution in [0, 0.1) is 23.3 Å². The molecule has 8 heterocycles. The number of aromatic nitrogens is 4. The second-order valence-corrected chi connectivity index (χ2v) is 11.6. The van der Waals surface area contributed by atoms with Crippen molar-refractivity contribution in [2.24, 2.45) is 11.5 Å². The van der Waals surface area contributed by atoms with Gasteiger partial charge in [0.05, 0.1) is 36.0 Å². The molecule has 0 saturated carbocycles. The van der Waals surface area contributed by atoms with Crippen LogP contribution < -0.4 is 11.5 Å². The molecule has 10 nitrogen and oxygen atoms in total. The first-order chi connectivity index (χ1) is 22.0. The number of pyridine rings is 4. The van der Waals surface area contributed by atoms with Crippen LogP contribution in [0.4, 0.5) is 17.6 Å². The Kier molecular flexibility index (Phi) is 7.48. The summed E-state index contributed by atoms with van der Waals surface area (Å²) < 4.78 is 66.2. The Bertz CT molecular complexity index is 1790. The molecule has 236 valence electrons. The van der Waals surface area contributed by atoms with Crippen molar-refractivity contribution in [1.82, 2.24) is 19.9 Å². The summed E-state index contributed by atoms with van der Waals surface area (Å²) in [7, 11) is 0. The fraction of sp³-hybridized carbons (Fsp3) is 0.312. The van der Waals surface area contributed by atoms with Crippen molar-refractivity contribution in [3.05, 3.63) is 93.8 Å². The molecule has 4 aliphatic rings. The summed E-state index contributed by atoms with van der Waals surface area (Å²) in [5.74, 6) is -4.51. The van der Waals surface area contributed by atoms with Gasteiger partial charge in [-0.25, -0.2) is 27.5 Å². The molecule has 46 heavy (non-hydrogen) atoms. The summed E-state index contributed by atoms with van der Waals surface area (Å²) >= 11 is 0. The van der Waals surface area contributed by atoms with E-state index in [1.54, 1.807) is 0 Å². The molecule has 0 aromatic carbocycles. The second kappa shape index (κ2) is 11.5. The van der Waals surface area contributed by atoms with Gasteiger partial charge in [-0.05, 0) is 48.9 Å². The molecule has 4 aromatic heterocycles. The third kappa shape index (κ3) is 5.36. The fourth-order valence-electron chi connectivity index (χ4n) is 6.61. The van der Waals surface area contributed by atoms with Crippen LogP contribution in [-0.2, 0) is 22.3 Å². The molecule has 14 heteroatoms. The minimum atomic E-state index is -0.785. The summed E-state index contributed by atoms with van der Waals surface area (Å²) in [4.78, 5) is 39.4. The van der Waals surface area contributed by atoms with E-state index in [0.29, 0.717) is 35.4 Å². The number of rotatable bonds is 4. The molecule has 0 aliphatic carbocycles. The number of fused-ring (bicyclic) bond motifs is 8. The first kappa shape index (κ1) is 29.9. The van der Waals surface area contributed by atoms with Gasteiger partial charge in [0.25, 0.3) is 11.8 Å². The zero-order valence-corrected chi connectivity index (χ0v) is 24.1. The number of halogens is 4. The monoisotopic (exact) mass is 634 g/mol. The topological polar surface area (TPSA) is 156 Å². The summed E-state index contributed by atoms with van der Waals surface area (Å²) in [5.41, 5.74) is 14.4. The van der Waals surface area contributed by atoms with Crippen LogP contribution in [0.1, 0.15) is 81.4 Å². The Labute approximate surface area is 259 Å². The van der Waals surface area contributed by atoms with E-state index >= 15 is 0 Å². The minimum absolute atomic E-state index is 0.00569. The Balaban J connectivity index is 0.000000147. The van der Waals surface area contributed by atoms with Crippen LogP contribution in [0.25, 0.3) is 22.5 Å². The van der Waals surface area contributed by atoms with Crippen molar-refractivity contribution in [2.45, 2.75) is 62.9 Å². The second-order valence-electron chi connectivity index (χ2n) is 11.6. The molecule has 8 rings (SSSR count). The third-order valence-electron chi connectivity index (χ3n) is 8.63.